The van der Waals surface area contributed by atoms with Crippen molar-refractivity contribution in [2.45, 2.75) is 10.1 Å². The summed E-state index contributed by atoms with van der Waals surface area (Å²) in [6, 6.07) is 10.5. The molecule has 4 nitrogen and oxygen atoms in total. The quantitative estimate of drug-likeness (QED) is 0.366. The predicted octanol–water partition coefficient (Wildman–Crippen LogP) is 1.80. The molecule has 0 aliphatic heterocycles. The van der Waals surface area contributed by atoms with Crippen molar-refractivity contribution in [2.75, 3.05) is 5.08 Å². The molecular formula is C11H10N2O2S2. The van der Waals surface area contributed by atoms with Gasteiger partial charge in [0.1, 0.15) is 0 Å². The van der Waals surface area contributed by atoms with Crippen LogP contribution in [0.5, 0.6) is 0 Å². The third kappa shape index (κ3) is 3.28. The Labute approximate surface area is 107 Å². The van der Waals surface area contributed by atoms with Crippen LogP contribution >= 0.6 is 23.5 Å². The summed E-state index contributed by atoms with van der Waals surface area (Å²) in [5, 5.41) is 24.6. The second kappa shape index (κ2) is 5.79. The molecule has 0 aliphatic carbocycles. The van der Waals surface area contributed by atoms with Gasteiger partial charge in [-0.2, -0.15) is 9.46 Å². The molecule has 0 fully saturated rings. The number of hydrogen-bond donors (Lipinski definition) is 0. The smallest absolute Gasteiger partial charge is 0.252 e. The lowest BCUT2D eigenvalue weighted by molar-refractivity contribution is -0.645. The summed E-state index contributed by atoms with van der Waals surface area (Å²) >= 11 is 2.82. The normalized spacial score (nSPS) is 10.4. The van der Waals surface area contributed by atoms with Gasteiger partial charge < -0.3 is 10.4 Å². The molecule has 2 aromatic heterocycles. The van der Waals surface area contributed by atoms with Crippen molar-refractivity contribution in [3.05, 3.63) is 59.2 Å². The summed E-state index contributed by atoms with van der Waals surface area (Å²) in [7, 11) is 0. The van der Waals surface area contributed by atoms with Crippen LogP contribution in [-0.2, 0) is 0 Å². The van der Waals surface area contributed by atoms with Gasteiger partial charge in [0.25, 0.3) is 10.1 Å². The fourth-order valence-corrected chi connectivity index (χ4v) is 3.13. The molecular weight excluding hydrogens is 256 g/mol. The minimum absolute atomic E-state index is 0.624. The van der Waals surface area contributed by atoms with Crippen LogP contribution in [0.2, 0.25) is 0 Å². The van der Waals surface area contributed by atoms with E-state index in [1.807, 2.05) is 12.1 Å². The van der Waals surface area contributed by atoms with E-state index in [1.165, 1.54) is 35.9 Å². The molecule has 0 bridgehead atoms. The van der Waals surface area contributed by atoms with Crippen LogP contribution in [0.15, 0.2) is 58.8 Å². The van der Waals surface area contributed by atoms with Crippen LogP contribution in [0.3, 0.4) is 0 Å². The molecule has 2 aromatic rings. The Hall–Kier alpha value is -1.40. The van der Waals surface area contributed by atoms with Crippen LogP contribution in [0.25, 0.3) is 0 Å². The highest BCUT2D eigenvalue weighted by Gasteiger charge is 2.08. The Morgan fingerprint density at radius 2 is 1.29 bits per heavy atom. The van der Waals surface area contributed by atoms with E-state index in [-0.39, 0.29) is 0 Å². The van der Waals surface area contributed by atoms with E-state index in [1.54, 1.807) is 24.3 Å². The van der Waals surface area contributed by atoms with Gasteiger partial charge in [-0.05, 0) is 35.7 Å². The Bertz CT molecular complexity index is 463. The first kappa shape index (κ1) is 12.1. The maximum atomic E-state index is 11.3. The van der Waals surface area contributed by atoms with Crippen LogP contribution in [0.4, 0.5) is 0 Å². The molecule has 0 spiro atoms. The van der Waals surface area contributed by atoms with Gasteiger partial charge in [-0.3, -0.25) is 0 Å². The maximum Gasteiger partial charge on any atom is 0.252 e. The lowest BCUT2D eigenvalue weighted by Crippen LogP contribution is -2.28. The zero-order valence-electron chi connectivity index (χ0n) is 8.85. The highest BCUT2D eigenvalue weighted by Crippen LogP contribution is 2.23. The Balaban J connectivity index is 1.93. The molecule has 0 atom stereocenters. The topological polar surface area (TPSA) is 53.9 Å². The molecule has 6 heteroatoms. The first-order valence-corrected chi connectivity index (χ1v) is 6.86. The van der Waals surface area contributed by atoms with Crippen molar-refractivity contribution in [1.29, 1.82) is 0 Å². The van der Waals surface area contributed by atoms with Crippen LogP contribution in [0.1, 0.15) is 0 Å². The highest BCUT2D eigenvalue weighted by molar-refractivity contribution is 8.15. The van der Waals surface area contributed by atoms with E-state index in [4.69, 9.17) is 0 Å². The second-order valence-electron chi connectivity index (χ2n) is 3.14. The molecule has 17 heavy (non-hydrogen) atoms. The van der Waals surface area contributed by atoms with Crippen LogP contribution in [-0.4, -0.2) is 5.08 Å². The molecule has 2 heterocycles. The molecule has 0 radical (unpaired) electrons. The number of thioether (sulfide) groups is 2. The van der Waals surface area contributed by atoms with Gasteiger partial charge in [-0.25, -0.2) is 0 Å². The first-order chi connectivity index (χ1) is 8.27. The molecule has 0 aromatic carbocycles. The minimum Gasteiger partial charge on any atom is -0.618 e. The monoisotopic (exact) mass is 266 g/mol. The number of rotatable bonds is 4. The number of aromatic nitrogens is 2. The van der Waals surface area contributed by atoms with Gasteiger partial charge in [0.15, 0.2) is 12.4 Å². The summed E-state index contributed by atoms with van der Waals surface area (Å²) in [6.45, 7) is 0. The van der Waals surface area contributed by atoms with Crippen molar-refractivity contribution in [1.82, 2.24) is 0 Å². The molecule has 88 valence electrons. The molecule has 2 rings (SSSR count). The summed E-state index contributed by atoms with van der Waals surface area (Å²) in [5.41, 5.74) is 0. The van der Waals surface area contributed by atoms with Gasteiger partial charge in [-0.1, -0.05) is 0 Å². The van der Waals surface area contributed by atoms with Crippen molar-refractivity contribution in [2.24, 2.45) is 0 Å². The van der Waals surface area contributed by atoms with E-state index < -0.39 is 0 Å². The van der Waals surface area contributed by atoms with Crippen LogP contribution < -0.4 is 9.46 Å². The molecule has 0 saturated heterocycles. The zero-order chi connectivity index (χ0) is 12.1. The minimum atomic E-state index is 0.624. The molecule has 0 unspecified atom stereocenters. The van der Waals surface area contributed by atoms with E-state index in [2.05, 4.69) is 0 Å². The van der Waals surface area contributed by atoms with Gasteiger partial charge in [0.05, 0.1) is 5.08 Å². The fourth-order valence-electron chi connectivity index (χ4n) is 1.20. The van der Waals surface area contributed by atoms with E-state index in [0.29, 0.717) is 15.1 Å². The van der Waals surface area contributed by atoms with Crippen molar-refractivity contribution < 1.29 is 9.46 Å². The molecule has 0 amide bonds. The van der Waals surface area contributed by atoms with Crippen molar-refractivity contribution in [3.8, 4) is 0 Å². The number of nitrogens with zero attached hydrogens (tertiary/aromatic N) is 2. The number of pyridine rings is 2. The summed E-state index contributed by atoms with van der Waals surface area (Å²) in [4.78, 5) is 0. The van der Waals surface area contributed by atoms with E-state index in [0.717, 1.165) is 9.46 Å². The predicted molar refractivity (Wildman–Crippen MR) is 67.4 cm³/mol. The van der Waals surface area contributed by atoms with Crippen molar-refractivity contribution in [3.63, 3.8) is 0 Å². The third-order valence-corrected chi connectivity index (χ3v) is 4.16. The first-order valence-electron chi connectivity index (χ1n) is 4.89. The lowest BCUT2D eigenvalue weighted by Gasteiger charge is -2.03. The average Bonchev–Trinajstić information content (AvgIpc) is 2.34. The lowest BCUT2D eigenvalue weighted by atomic mass is 10.5. The van der Waals surface area contributed by atoms with Gasteiger partial charge in [0, 0.05) is 24.3 Å². The van der Waals surface area contributed by atoms with Gasteiger partial charge >= 0.3 is 0 Å². The molecule has 0 N–H and O–H groups in total. The Morgan fingerprint density at radius 1 is 0.824 bits per heavy atom. The highest BCUT2D eigenvalue weighted by atomic mass is 32.2. The SMILES string of the molecule is [O-][n+]1ccccc1SCSc1cccc[n+]1[O-]. The standard InChI is InChI=1S/C11H10N2O2S2/c14-12-7-3-1-5-10(12)16-9-17-11-6-2-4-8-13(11)15/h1-8H,9H2. The van der Waals surface area contributed by atoms with Crippen molar-refractivity contribution >= 4 is 23.5 Å². The average molecular weight is 266 g/mol. The Morgan fingerprint density at radius 3 is 1.71 bits per heavy atom. The zero-order valence-corrected chi connectivity index (χ0v) is 10.5. The number of hydrogen-bond acceptors (Lipinski definition) is 4. The molecule has 0 saturated carbocycles. The largest absolute Gasteiger partial charge is 0.618 e. The fraction of sp³-hybridized carbons (Fsp3) is 0.0909. The maximum absolute atomic E-state index is 11.3. The second-order valence-corrected chi connectivity index (χ2v) is 5.49. The van der Waals surface area contributed by atoms with Gasteiger partial charge in [0.2, 0.25) is 0 Å². The summed E-state index contributed by atoms with van der Waals surface area (Å²) in [6.07, 6.45) is 2.92. The Kier molecular flexibility index (Phi) is 4.11. The van der Waals surface area contributed by atoms with E-state index in [9.17, 15) is 10.4 Å². The summed E-state index contributed by atoms with van der Waals surface area (Å²) < 4.78 is 1.64. The van der Waals surface area contributed by atoms with Gasteiger partial charge in [-0.15, -0.1) is 0 Å². The molecule has 0 aliphatic rings. The summed E-state index contributed by atoms with van der Waals surface area (Å²) in [5.74, 6) is 0. The van der Waals surface area contributed by atoms with Crippen LogP contribution in [0, 0.1) is 10.4 Å². The third-order valence-electron chi connectivity index (χ3n) is 1.99. The van der Waals surface area contributed by atoms with E-state index >= 15 is 0 Å².